The summed E-state index contributed by atoms with van der Waals surface area (Å²) < 4.78 is 0. The Balaban J connectivity index is 2.19. The van der Waals surface area contributed by atoms with E-state index >= 15 is 0 Å². The first-order valence-corrected chi connectivity index (χ1v) is 7.44. The van der Waals surface area contributed by atoms with Crippen molar-refractivity contribution in [3.63, 3.8) is 0 Å². The summed E-state index contributed by atoms with van der Waals surface area (Å²) in [4.78, 5) is 10.8. The van der Waals surface area contributed by atoms with Gasteiger partial charge in [0.1, 0.15) is 6.17 Å². The van der Waals surface area contributed by atoms with Crippen LogP contribution >= 0.6 is 0 Å². The Kier molecular flexibility index (Phi) is 5.22. The summed E-state index contributed by atoms with van der Waals surface area (Å²) in [6, 6.07) is 6.17. The average Bonchev–Trinajstić information content (AvgIpc) is 2.50. The number of hydrogen-bond donors (Lipinski definition) is 3. The van der Waals surface area contributed by atoms with Crippen LogP contribution in [-0.2, 0) is 0 Å². The molecule has 0 saturated carbocycles. The van der Waals surface area contributed by atoms with Gasteiger partial charge in [-0.25, -0.2) is 0 Å². The third kappa shape index (κ3) is 3.76. The van der Waals surface area contributed by atoms with Gasteiger partial charge in [0.25, 0.3) is 0 Å². The first-order chi connectivity index (χ1) is 10.2. The van der Waals surface area contributed by atoms with Crippen molar-refractivity contribution in [3.8, 4) is 0 Å². The SMILES string of the molecule is CCCCCNC1Nc2ccc(C)cc2C=C1C(=[NH2+])N=O. The molecule has 1 aromatic carbocycles. The van der Waals surface area contributed by atoms with Crippen LogP contribution in [-0.4, -0.2) is 18.5 Å². The van der Waals surface area contributed by atoms with Crippen molar-refractivity contribution in [1.29, 1.82) is 0 Å². The van der Waals surface area contributed by atoms with Crippen LogP contribution in [0, 0.1) is 11.8 Å². The van der Waals surface area contributed by atoms with Crippen LogP contribution in [0.15, 0.2) is 28.9 Å². The maximum Gasteiger partial charge on any atom is 0.372 e. The average molecular weight is 287 g/mol. The van der Waals surface area contributed by atoms with Crippen molar-refractivity contribution in [2.45, 2.75) is 39.3 Å². The van der Waals surface area contributed by atoms with Gasteiger partial charge in [-0.3, -0.25) is 10.7 Å². The molecule has 1 atom stereocenters. The molecule has 2 rings (SSSR count). The number of benzene rings is 1. The zero-order chi connectivity index (χ0) is 15.2. The molecule has 0 spiro atoms. The van der Waals surface area contributed by atoms with E-state index in [0.29, 0.717) is 5.57 Å². The normalized spacial score (nSPS) is 16.7. The van der Waals surface area contributed by atoms with E-state index in [1.54, 1.807) is 0 Å². The molecule has 0 aliphatic carbocycles. The number of hydrogen-bond acceptors (Lipinski definition) is 3. The predicted molar refractivity (Wildman–Crippen MR) is 86.8 cm³/mol. The lowest BCUT2D eigenvalue weighted by Crippen LogP contribution is -2.49. The van der Waals surface area contributed by atoms with E-state index in [0.717, 1.165) is 29.8 Å². The van der Waals surface area contributed by atoms with Crippen LogP contribution in [0.4, 0.5) is 5.69 Å². The van der Waals surface area contributed by atoms with Crippen molar-refractivity contribution >= 4 is 17.6 Å². The van der Waals surface area contributed by atoms with E-state index in [4.69, 9.17) is 5.41 Å². The van der Waals surface area contributed by atoms with Crippen LogP contribution in [0.5, 0.6) is 0 Å². The second-order valence-corrected chi connectivity index (χ2v) is 5.41. The summed E-state index contributed by atoms with van der Waals surface area (Å²) >= 11 is 0. The van der Waals surface area contributed by atoms with Gasteiger partial charge in [0.2, 0.25) is 5.18 Å². The molecule has 0 saturated heterocycles. The molecule has 1 aromatic rings. The zero-order valence-electron chi connectivity index (χ0n) is 12.6. The lowest BCUT2D eigenvalue weighted by molar-refractivity contribution is -0.114. The number of unbranched alkanes of at least 4 members (excludes halogenated alkanes) is 2. The van der Waals surface area contributed by atoms with Crippen LogP contribution in [0.25, 0.3) is 6.08 Å². The maximum atomic E-state index is 10.8. The minimum Gasteiger partial charge on any atom is -0.365 e. The third-order valence-electron chi connectivity index (χ3n) is 3.65. The van der Waals surface area contributed by atoms with Crippen molar-refractivity contribution in [2.75, 3.05) is 11.9 Å². The molecule has 1 heterocycles. The van der Waals surface area contributed by atoms with Crippen molar-refractivity contribution < 1.29 is 5.41 Å². The molecular weight excluding hydrogens is 264 g/mol. The van der Waals surface area contributed by atoms with Gasteiger partial charge in [-0.1, -0.05) is 31.4 Å². The number of anilines is 1. The first kappa shape index (κ1) is 15.4. The highest BCUT2D eigenvalue weighted by atomic mass is 16.3. The summed E-state index contributed by atoms with van der Waals surface area (Å²) in [7, 11) is 0. The number of nitrogens with two attached hydrogens (primary N) is 1. The fraction of sp³-hybridized carbons (Fsp3) is 0.438. The lowest BCUT2D eigenvalue weighted by Gasteiger charge is -2.26. The van der Waals surface area contributed by atoms with E-state index in [1.165, 1.54) is 12.8 Å². The fourth-order valence-corrected chi connectivity index (χ4v) is 2.47. The molecule has 0 radical (unpaired) electrons. The zero-order valence-corrected chi connectivity index (χ0v) is 12.6. The highest BCUT2D eigenvalue weighted by Crippen LogP contribution is 2.27. The van der Waals surface area contributed by atoms with E-state index in [9.17, 15) is 4.91 Å². The molecule has 1 unspecified atom stereocenters. The van der Waals surface area contributed by atoms with Crippen LogP contribution in [0.1, 0.15) is 37.3 Å². The molecule has 5 heteroatoms. The molecule has 4 N–H and O–H groups in total. The van der Waals surface area contributed by atoms with Crippen LogP contribution < -0.4 is 16.0 Å². The quantitative estimate of drug-likeness (QED) is 0.323. The van der Waals surface area contributed by atoms with Gasteiger partial charge in [0, 0.05) is 5.69 Å². The number of nitroso groups, excluding NO2 is 1. The van der Waals surface area contributed by atoms with E-state index < -0.39 is 0 Å². The molecule has 1 aliphatic rings. The minimum absolute atomic E-state index is 0.0302. The highest BCUT2D eigenvalue weighted by Gasteiger charge is 2.28. The number of fused-ring (bicyclic) bond motifs is 1. The van der Waals surface area contributed by atoms with E-state index in [2.05, 4.69) is 34.9 Å². The Morgan fingerprint density at radius 2 is 2.24 bits per heavy atom. The highest BCUT2D eigenvalue weighted by molar-refractivity contribution is 6.02. The van der Waals surface area contributed by atoms with Crippen LogP contribution in [0.3, 0.4) is 0 Å². The van der Waals surface area contributed by atoms with Gasteiger partial charge >= 0.3 is 5.84 Å². The monoisotopic (exact) mass is 287 g/mol. The molecule has 5 nitrogen and oxygen atoms in total. The number of aryl methyl sites for hydroxylation is 1. The molecule has 112 valence electrons. The van der Waals surface area contributed by atoms with Crippen molar-refractivity contribution in [2.24, 2.45) is 5.18 Å². The van der Waals surface area contributed by atoms with Gasteiger partial charge in [0.05, 0.1) is 5.57 Å². The molecule has 0 fully saturated rings. The van der Waals surface area contributed by atoms with Gasteiger partial charge < -0.3 is 5.32 Å². The number of nitrogens with zero attached hydrogens (tertiary/aromatic N) is 1. The topological polar surface area (TPSA) is 79.1 Å². The summed E-state index contributed by atoms with van der Waals surface area (Å²) in [6.45, 7) is 5.08. The maximum absolute atomic E-state index is 10.8. The smallest absolute Gasteiger partial charge is 0.365 e. The summed E-state index contributed by atoms with van der Waals surface area (Å²) in [5.74, 6) is 0.0302. The van der Waals surface area contributed by atoms with Crippen molar-refractivity contribution in [3.05, 3.63) is 39.8 Å². The van der Waals surface area contributed by atoms with Crippen LogP contribution in [0.2, 0.25) is 0 Å². The predicted octanol–water partition coefficient (Wildman–Crippen LogP) is 1.83. The van der Waals surface area contributed by atoms with E-state index in [-0.39, 0.29) is 12.0 Å². The molecule has 1 aliphatic heterocycles. The summed E-state index contributed by atoms with van der Waals surface area (Å²) in [5, 5.41) is 15.4. The second-order valence-electron chi connectivity index (χ2n) is 5.41. The minimum atomic E-state index is -0.172. The van der Waals surface area contributed by atoms with E-state index in [1.807, 2.05) is 19.1 Å². The number of amidine groups is 1. The molecule has 0 aromatic heterocycles. The Hall–Kier alpha value is -2.01. The Morgan fingerprint density at radius 3 is 2.95 bits per heavy atom. The number of rotatable bonds is 6. The van der Waals surface area contributed by atoms with Gasteiger partial charge in [-0.2, -0.15) is 0 Å². The summed E-state index contributed by atoms with van der Waals surface area (Å²) in [5.41, 5.74) is 3.94. The Labute approximate surface area is 125 Å². The second kappa shape index (κ2) is 7.13. The van der Waals surface area contributed by atoms with Gasteiger partial charge in [-0.15, -0.1) is 0 Å². The van der Waals surface area contributed by atoms with Crippen molar-refractivity contribution in [1.82, 2.24) is 5.32 Å². The summed E-state index contributed by atoms with van der Waals surface area (Å²) in [6.07, 6.45) is 5.22. The Morgan fingerprint density at radius 1 is 1.43 bits per heavy atom. The third-order valence-corrected chi connectivity index (χ3v) is 3.65. The molecule has 21 heavy (non-hydrogen) atoms. The molecular formula is C16H23N4O+. The molecule has 0 amide bonds. The standard InChI is InChI=1S/C16H22N4O/c1-3-4-5-8-18-16-13(15(17)20-21)10-12-9-11(2)6-7-14(12)19-16/h6-7,9-10,16-19H,3-5,8H2,1-2H3/p+1. The lowest BCUT2D eigenvalue weighted by atomic mass is 9.99. The molecule has 0 bridgehead atoms. The fourth-order valence-electron chi connectivity index (χ4n) is 2.47. The Bertz CT molecular complexity index is 565. The van der Waals surface area contributed by atoms with Gasteiger partial charge in [-0.05, 0) is 48.6 Å². The number of nitrogens with one attached hydrogen (secondary N) is 2. The van der Waals surface area contributed by atoms with Gasteiger partial charge in [0.15, 0.2) is 0 Å². The first-order valence-electron chi connectivity index (χ1n) is 7.44. The largest absolute Gasteiger partial charge is 0.372 e.